The van der Waals surface area contributed by atoms with Crippen LogP contribution in [0.2, 0.25) is 0 Å². The average molecular weight is 204 g/mol. The van der Waals surface area contributed by atoms with E-state index in [4.69, 9.17) is 4.74 Å². The molecule has 1 saturated heterocycles. The van der Waals surface area contributed by atoms with Crippen molar-refractivity contribution < 1.29 is 0 Å². The van der Waals surface area contributed by atoms with Crippen molar-refractivity contribution in [1.29, 1.82) is 0 Å². The van der Waals surface area contributed by atoms with Gasteiger partial charge in [0.15, 0.2) is 7.51 Å². The number of rotatable bonds is 2. The van der Waals surface area contributed by atoms with Gasteiger partial charge in [0, 0.05) is 19.6 Å². The van der Waals surface area contributed by atoms with Gasteiger partial charge in [0.1, 0.15) is 0 Å². The summed E-state index contributed by atoms with van der Waals surface area (Å²) in [6.07, 6.45) is 1.23. The molecule has 1 rings (SSSR count). The van der Waals surface area contributed by atoms with E-state index in [-0.39, 0.29) is 0 Å². The van der Waals surface area contributed by atoms with Gasteiger partial charge >= 0.3 is 0 Å². The van der Waals surface area contributed by atoms with Crippen LogP contribution in [0, 0.1) is 0 Å². The highest BCUT2D eigenvalue weighted by Gasteiger charge is 2.29. The van der Waals surface area contributed by atoms with Crippen LogP contribution in [-0.2, 0) is 0 Å². The predicted molar refractivity (Wildman–Crippen MR) is 58.8 cm³/mol. The molecule has 1 fully saturated rings. The first kappa shape index (κ1) is 11.2. The van der Waals surface area contributed by atoms with Gasteiger partial charge in [-0.25, -0.2) is 4.67 Å². The van der Waals surface area contributed by atoms with E-state index in [0.29, 0.717) is 0 Å². The van der Waals surface area contributed by atoms with E-state index in [1.807, 2.05) is 0 Å². The molecule has 0 bridgehead atoms. The van der Waals surface area contributed by atoms with Crippen LogP contribution in [0.15, 0.2) is 4.74 Å². The summed E-state index contributed by atoms with van der Waals surface area (Å²) in [7, 11) is 4.88. The third-order valence-corrected chi connectivity index (χ3v) is 5.95. The zero-order chi connectivity index (χ0) is 9.90. The van der Waals surface area contributed by atoms with Crippen molar-refractivity contribution in [1.82, 2.24) is 14.4 Å². The lowest BCUT2D eigenvalue weighted by Gasteiger charge is -2.42. The minimum atomic E-state index is -1.51. The predicted octanol–water partition coefficient (Wildman–Crippen LogP) is 1.44. The van der Waals surface area contributed by atoms with Crippen molar-refractivity contribution in [2.24, 2.45) is 4.74 Å². The fraction of sp³-hybridized carbons (Fsp3) is 1.00. The van der Waals surface area contributed by atoms with Gasteiger partial charge in [-0.3, -0.25) is 14.5 Å². The lowest BCUT2D eigenvalue weighted by Crippen LogP contribution is -2.39. The van der Waals surface area contributed by atoms with E-state index < -0.39 is 7.51 Å². The Morgan fingerprint density at radius 2 is 2.23 bits per heavy atom. The molecule has 4 nitrogen and oxygen atoms in total. The molecule has 1 unspecified atom stereocenters. The summed E-state index contributed by atoms with van der Waals surface area (Å²) in [4.78, 5) is 0. The van der Waals surface area contributed by atoms with E-state index in [2.05, 4.69) is 42.5 Å². The van der Waals surface area contributed by atoms with Crippen LogP contribution >= 0.6 is 7.51 Å². The Bertz CT molecular complexity index is 214. The summed E-state index contributed by atoms with van der Waals surface area (Å²) < 4.78 is 9.37. The van der Waals surface area contributed by atoms with Gasteiger partial charge in [-0.2, -0.15) is 0 Å². The van der Waals surface area contributed by atoms with Crippen molar-refractivity contribution in [3.8, 4) is 0 Å². The Morgan fingerprint density at radius 1 is 1.54 bits per heavy atom. The minimum Gasteiger partial charge on any atom is -0.261 e. The molecule has 0 aromatic rings. The second kappa shape index (κ2) is 4.56. The molecule has 0 saturated carbocycles. The maximum Gasteiger partial charge on any atom is 0.164 e. The second-order valence-corrected chi connectivity index (χ2v) is 6.73. The third-order valence-electron chi connectivity index (χ3n) is 2.35. The van der Waals surface area contributed by atoms with Gasteiger partial charge in [-0.05, 0) is 34.5 Å². The minimum absolute atomic E-state index is 0.892. The smallest absolute Gasteiger partial charge is 0.164 e. The third kappa shape index (κ3) is 2.13. The zero-order valence-corrected chi connectivity index (χ0v) is 10.0. The van der Waals surface area contributed by atoms with Crippen molar-refractivity contribution in [2.75, 3.05) is 40.8 Å². The first-order chi connectivity index (χ1) is 6.13. The molecule has 0 aromatic carbocycles. The van der Waals surface area contributed by atoms with Gasteiger partial charge in [-0.1, -0.05) is 0 Å². The summed E-state index contributed by atoms with van der Waals surface area (Å²) in [5.41, 5.74) is 0. The highest BCUT2D eigenvalue weighted by molar-refractivity contribution is 7.59. The molecule has 1 heterocycles. The number of hydrogen-bond acceptors (Lipinski definition) is 1. The van der Waals surface area contributed by atoms with E-state index >= 15 is 0 Å². The van der Waals surface area contributed by atoms with Gasteiger partial charge in [0.05, 0.1) is 0 Å². The summed E-state index contributed by atoms with van der Waals surface area (Å²) in [6.45, 7) is 5.25. The summed E-state index contributed by atoms with van der Waals surface area (Å²) >= 11 is 0. The Morgan fingerprint density at radius 3 is 2.69 bits per heavy atom. The van der Waals surface area contributed by atoms with Gasteiger partial charge in [0.25, 0.3) is 0 Å². The highest BCUT2D eigenvalue weighted by atomic mass is 31.2. The van der Waals surface area contributed by atoms with Crippen LogP contribution in [-0.4, -0.2) is 50.1 Å². The van der Waals surface area contributed by atoms with Crippen molar-refractivity contribution >= 4 is 7.51 Å². The van der Waals surface area contributed by atoms with E-state index in [9.17, 15) is 0 Å². The quantitative estimate of drug-likeness (QED) is 0.690. The Labute approximate surface area is 81.5 Å². The largest absolute Gasteiger partial charge is 0.261 e. The fourth-order valence-electron chi connectivity index (χ4n) is 1.73. The molecule has 0 aliphatic carbocycles. The fourth-order valence-corrected chi connectivity index (χ4v) is 4.70. The SMILES string of the molecule is CCN=P1(N(C)C)NCCCN1C. The molecule has 1 atom stereocenters. The molecule has 0 spiro atoms. The molecular formula is C8H21N4P. The molecule has 78 valence electrons. The Kier molecular flexibility index (Phi) is 3.92. The van der Waals surface area contributed by atoms with Crippen LogP contribution in [0.4, 0.5) is 0 Å². The first-order valence-electron chi connectivity index (χ1n) is 4.86. The molecule has 5 heteroatoms. The zero-order valence-electron chi connectivity index (χ0n) is 9.12. The average Bonchev–Trinajstić information content (AvgIpc) is 2.09. The standard InChI is InChI=1S/C8H21N4P/c1-5-9-13(11(2)3)10-7-6-8-12(13)4/h10H,5-8H2,1-4H3. The van der Waals surface area contributed by atoms with E-state index in [1.54, 1.807) is 0 Å². The highest BCUT2D eigenvalue weighted by Crippen LogP contribution is 2.51. The number of nitrogens with zero attached hydrogens (tertiary/aromatic N) is 3. The molecule has 13 heavy (non-hydrogen) atoms. The van der Waals surface area contributed by atoms with Crippen molar-refractivity contribution in [3.05, 3.63) is 0 Å². The van der Waals surface area contributed by atoms with Gasteiger partial charge in [-0.15, -0.1) is 0 Å². The summed E-state index contributed by atoms with van der Waals surface area (Å²) in [5, 5.41) is 3.58. The number of nitrogens with one attached hydrogen (secondary N) is 1. The molecule has 0 amide bonds. The van der Waals surface area contributed by atoms with Crippen molar-refractivity contribution in [2.45, 2.75) is 13.3 Å². The lowest BCUT2D eigenvalue weighted by atomic mass is 10.4. The molecule has 1 N–H and O–H groups in total. The van der Waals surface area contributed by atoms with E-state index in [1.165, 1.54) is 6.42 Å². The van der Waals surface area contributed by atoms with Crippen LogP contribution < -0.4 is 5.09 Å². The van der Waals surface area contributed by atoms with Crippen LogP contribution in [0.1, 0.15) is 13.3 Å². The second-order valence-electron chi connectivity index (χ2n) is 3.52. The normalized spacial score (nSPS) is 30.8. The maximum absolute atomic E-state index is 4.75. The Balaban J connectivity index is 2.93. The van der Waals surface area contributed by atoms with Crippen LogP contribution in [0.3, 0.4) is 0 Å². The summed E-state index contributed by atoms with van der Waals surface area (Å²) in [5.74, 6) is 0. The first-order valence-corrected chi connectivity index (χ1v) is 6.51. The molecule has 0 radical (unpaired) electrons. The molecule has 1 aliphatic heterocycles. The van der Waals surface area contributed by atoms with Crippen LogP contribution in [0.25, 0.3) is 0 Å². The Hall–Kier alpha value is 0.110. The molecular weight excluding hydrogens is 183 g/mol. The van der Waals surface area contributed by atoms with E-state index in [0.717, 1.165) is 19.6 Å². The number of hydrogen-bond donors (Lipinski definition) is 1. The monoisotopic (exact) mass is 204 g/mol. The topological polar surface area (TPSA) is 30.9 Å². The molecule has 1 aliphatic rings. The van der Waals surface area contributed by atoms with Crippen LogP contribution in [0.5, 0.6) is 0 Å². The molecule has 0 aromatic heterocycles. The van der Waals surface area contributed by atoms with Gasteiger partial charge < -0.3 is 0 Å². The maximum atomic E-state index is 4.75. The lowest BCUT2D eigenvalue weighted by molar-refractivity contribution is 0.433. The van der Waals surface area contributed by atoms with Gasteiger partial charge in [0.2, 0.25) is 0 Å². The summed E-state index contributed by atoms with van der Waals surface area (Å²) in [6, 6.07) is 0. The van der Waals surface area contributed by atoms with Crippen molar-refractivity contribution in [3.63, 3.8) is 0 Å².